The first kappa shape index (κ1) is 21.0. The summed E-state index contributed by atoms with van der Waals surface area (Å²) >= 11 is 1.45. The molecule has 1 N–H and O–H groups in total. The lowest BCUT2D eigenvalue weighted by Gasteiger charge is -2.24. The third-order valence-electron chi connectivity index (χ3n) is 4.79. The number of rotatable bonds is 6. The molecule has 4 nitrogen and oxygen atoms in total. The molecule has 0 aliphatic rings. The molecule has 0 saturated heterocycles. The molecule has 0 bridgehead atoms. The van der Waals surface area contributed by atoms with Gasteiger partial charge in [-0.05, 0) is 47.9 Å². The molecule has 4 aromatic rings. The van der Waals surface area contributed by atoms with E-state index in [4.69, 9.17) is 4.42 Å². The quantitative estimate of drug-likeness (QED) is 0.357. The van der Waals surface area contributed by atoms with Crippen LogP contribution in [0.25, 0.3) is 21.4 Å². The van der Waals surface area contributed by atoms with E-state index < -0.39 is 24.9 Å². The summed E-state index contributed by atoms with van der Waals surface area (Å²) in [5, 5.41) is 11.4. The molecule has 0 saturated carbocycles. The molecule has 8 heteroatoms. The number of benzene rings is 2. The third kappa shape index (κ3) is 4.91. The molecule has 0 atom stereocenters. The maximum absolute atomic E-state index is 12.9. The Kier molecular flexibility index (Phi) is 5.73. The van der Waals surface area contributed by atoms with Crippen LogP contribution in [-0.2, 0) is 11.3 Å². The maximum atomic E-state index is 12.9. The number of aromatic hydroxyl groups is 1. The second-order valence-corrected chi connectivity index (χ2v) is 8.19. The summed E-state index contributed by atoms with van der Waals surface area (Å²) in [5.41, 5.74) is 0.737. The van der Waals surface area contributed by atoms with Gasteiger partial charge in [-0.1, -0.05) is 18.2 Å². The van der Waals surface area contributed by atoms with E-state index in [1.54, 1.807) is 24.3 Å². The molecule has 0 aliphatic heterocycles. The van der Waals surface area contributed by atoms with Gasteiger partial charge in [0.15, 0.2) is 0 Å². The van der Waals surface area contributed by atoms with Crippen LogP contribution in [0.3, 0.4) is 0 Å². The lowest BCUT2D eigenvalue weighted by molar-refractivity contribution is -0.143. The maximum Gasteiger partial charge on any atom is 0.389 e. The van der Waals surface area contributed by atoms with E-state index in [0.717, 1.165) is 15.0 Å². The Morgan fingerprint density at radius 3 is 2.58 bits per heavy atom. The number of anilines is 1. The van der Waals surface area contributed by atoms with Crippen LogP contribution in [0.5, 0.6) is 5.75 Å². The van der Waals surface area contributed by atoms with E-state index in [0.29, 0.717) is 11.3 Å². The fourth-order valence-electron chi connectivity index (χ4n) is 3.30. The van der Waals surface area contributed by atoms with Gasteiger partial charge in [0.05, 0.1) is 24.9 Å². The monoisotopic (exact) mass is 445 g/mol. The van der Waals surface area contributed by atoms with E-state index >= 15 is 0 Å². The SMILES string of the molecule is O=C(CCC(F)(F)F)N(Cc1cc2ccccc2s1)c1cc(-c2ccco2)ccc1O. The summed E-state index contributed by atoms with van der Waals surface area (Å²) in [6.07, 6.45) is -4.89. The number of phenolic OH excluding ortho intramolecular Hbond substituents is 1. The van der Waals surface area contributed by atoms with E-state index in [-0.39, 0.29) is 18.0 Å². The number of thiophene rings is 1. The van der Waals surface area contributed by atoms with Crippen molar-refractivity contribution in [2.24, 2.45) is 0 Å². The topological polar surface area (TPSA) is 53.7 Å². The summed E-state index contributed by atoms with van der Waals surface area (Å²) in [6, 6.07) is 17.6. The molecular weight excluding hydrogens is 427 g/mol. The second kappa shape index (κ2) is 8.47. The molecule has 160 valence electrons. The number of carbonyl (C=O) groups is 1. The van der Waals surface area contributed by atoms with Crippen LogP contribution in [0.15, 0.2) is 71.3 Å². The molecule has 0 spiro atoms. The Balaban J connectivity index is 1.71. The zero-order valence-electron chi connectivity index (χ0n) is 16.2. The van der Waals surface area contributed by atoms with Crippen LogP contribution >= 0.6 is 11.3 Å². The number of phenols is 1. The van der Waals surface area contributed by atoms with Gasteiger partial charge >= 0.3 is 6.18 Å². The van der Waals surface area contributed by atoms with E-state index in [2.05, 4.69) is 0 Å². The fourth-order valence-corrected chi connectivity index (χ4v) is 4.35. The highest BCUT2D eigenvalue weighted by Crippen LogP contribution is 2.36. The Morgan fingerprint density at radius 1 is 1.06 bits per heavy atom. The van der Waals surface area contributed by atoms with E-state index in [1.807, 2.05) is 30.3 Å². The number of furan rings is 1. The number of alkyl halides is 3. The van der Waals surface area contributed by atoms with Crippen LogP contribution < -0.4 is 4.90 Å². The molecule has 0 aliphatic carbocycles. The third-order valence-corrected chi connectivity index (χ3v) is 5.89. The van der Waals surface area contributed by atoms with Gasteiger partial charge < -0.3 is 14.4 Å². The van der Waals surface area contributed by atoms with Crippen molar-refractivity contribution in [3.63, 3.8) is 0 Å². The first-order valence-corrected chi connectivity index (χ1v) is 10.3. The highest BCUT2D eigenvalue weighted by Gasteiger charge is 2.30. The van der Waals surface area contributed by atoms with Gasteiger partial charge in [0.2, 0.25) is 5.91 Å². The van der Waals surface area contributed by atoms with Crippen molar-refractivity contribution in [1.29, 1.82) is 0 Å². The van der Waals surface area contributed by atoms with Crippen molar-refractivity contribution in [3.8, 4) is 17.1 Å². The number of halogens is 3. The minimum atomic E-state index is -4.45. The summed E-state index contributed by atoms with van der Waals surface area (Å²) in [6.45, 7) is 0.0468. The number of fused-ring (bicyclic) bond motifs is 1. The van der Waals surface area contributed by atoms with Crippen LogP contribution in [0, 0.1) is 0 Å². The summed E-state index contributed by atoms with van der Waals surface area (Å²) < 4.78 is 44.6. The van der Waals surface area contributed by atoms with Crippen molar-refractivity contribution in [2.45, 2.75) is 25.6 Å². The average molecular weight is 445 g/mol. The molecule has 0 fully saturated rings. The summed E-state index contributed by atoms with van der Waals surface area (Å²) in [4.78, 5) is 14.9. The Bertz CT molecular complexity index is 1170. The lowest BCUT2D eigenvalue weighted by atomic mass is 10.1. The Morgan fingerprint density at radius 2 is 1.87 bits per heavy atom. The van der Waals surface area contributed by atoms with Crippen LogP contribution in [0.1, 0.15) is 17.7 Å². The molecule has 2 aromatic heterocycles. The number of amides is 1. The van der Waals surface area contributed by atoms with E-state index in [1.165, 1.54) is 28.6 Å². The van der Waals surface area contributed by atoms with Gasteiger partial charge in [-0.2, -0.15) is 13.2 Å². The number of carbonyl (C=O) groups excluding carboxylic acids is 1. The van der Waals surface area contributed by atoms with Gasteiger partial charge in [-0.25, -0.2) is 0 Å². The van der Waals surface area contributed by atoms with Crippen molar-refractivity contribution in [3.05, 3.63) is 71.8 Å². The van der Waals surface area contributed by atoms with Gasteiger partial charge in [0.1, 0.15) is 11.5 Å². The average Bonchev–Trinajstić information content (AvgIpc) is 3.40. The van der Waals surface area contributed by atoms with Crippen molar-refractivity contribution in [2.75, 3.05) is 4.90 Å². The molecule has 2 heterocycles. The van der Waals surface area contributed by atoms with Gasteiger partial charge in [-0.15, -0.1) is 11.3 Å². The van der Waals surface area contributed by atoms with Crippen molar-refractivity contribution < 1.29 is 27.5 Å². The fraction of sp³-hybridized carbons (Fsp3) is 0.174. The molecule has 2 aromatic carbocycles. The van der Waals surface area contributed by atoms with Gasteiger partial charge in [0.25, 0.3) is 0 Å². The standard InChI is InChI=1S/C23H18F3NO3S/c24-23(25,26)10-9-22(29)27(14-17-12-16-4-1-2-6-21(16)31-17)18-13-15(7-8-19(18)28)20-5-3-11-30-20/h1-8,11-13,28H,9-10,14H2. The smallest absolute Gasteiger partial charge is 0.389 e. The number of hydrogen-bond acceptors (Lipinski definition) is 4. The highest BCUT2D eigenvalue weighted by molar-refractivity contribution is 7.19. The molecule has 0 radical (unpaired) electrons. The molecule has 0 unspecified atom stereocenters. The lowest BCUT2D eigenvalue weighted by Crippen LogP contribution is -2.31. The molecule has 4 rings (SSSR count). The first-order chi connectivity index (χ1) is 14.8. The van der Waals surface area contributed by atoms with Crippen molar-refractivity contribution in [1.82, 2.24) is 0 Å². The first-order valence-electron chi connectivity index (χ1n) is 9.51. The zero-order chi connectivity index (χ0) is 22.0. The van der Waals surface area contributed by atoms with Crippen LogP contribution in [-0.4, -0.2) is 17.2 Å². The van der Waals surface area contributed by atoms with E-state index in [9.17, 15) is 23.1 Å². The predicted molar refractivity (Wildman–Crippen MR) is 114 cm³/mol. The van der Waals surface area contributed by atoms with Crippen molar-refractivity contribution >= 4 is 33.0 Å². The predicted octanol–water partition coefficient (Wildman–Crippen LogP) is 6.74. The largest absolute Gasteiger partial charge is 0.506 e. The molecule has 31 heavy (non-hydrogen) atoms. The summed E-state index contributed by atoms with van der Waals surface area (Å²) in [7, 11) is 0. The second-order valence-electron chi connectivity index (χ2n) is 7.03. The van der Waals surface area contributed by atoms with Crippen LogP contribution in [0.2, 0.25) is 0 Å². The minimum Gasteiger partial charge on any atom is -0.506 e. The highest BCUT2D eigenvalue weighted by atomic mass is 32.1. The Hall–Kier alpha value is -3.26. The molecular formula is C23H18F3NO3S. The number of nitrogens with zero attached hydrogens (tertiary/aromatic N) is 1. The normalized spacial score (nSPS) is 11.7. The van der Waals surface area contributed by atoms with Gasteiger partial charge in [0, 0.05) is 21.6 Å². The Labute approximate surface area is 180 Å². The van der Waals surface area contributed by atoms with Gasteiger partial charge in [-0.3, -0.25) is 4.79 Å². The summed E-state index contributed by atoms with van der Waals surface area (Å²) in [5.74, 6) is -0.399. The zero-order valence-corrected chi connectivity index (χ0v) is 17.0. The molecule has 1 amide bonds. The number of hydrogen-bond donors (Lipinski definition) is 1. The minimum absolute atomic E-state index is 0.0468. The van der Waals surface area contributed by atoms with Crippen LogP contribution in [0.4, 0.5) is 18.9 Å².